The molecule has 2 aromatic rings. The van der Waals surface area contributed by atoms with Crippen LogP contribution in [0.2, 0.25) is 0 Å². The third kappa shape index (κ3) is 3.19. The fourth-order valence-corrected chi connectivity index (χ4v) is 4.61. The average Bonchev–Trinajstić information content (AvgIpc) is 3.26. The standard InChI is InChI=1S/C20H28N4O3/c1-27-14-12-22-9-4-7-20(18(22)26)8-10-23(15-20)19-21-16-5-2-3-6-17(16)24(19)11-13-25/h2-3,5-6,25H,4,7-15H2,1H3/t20-/m1/s1. The molecule has 1 aromatic carbocycles. The summed E-state index contributed by atoms with van der Waals surface area (Å²) in [5.74, 6) is 1.13. The van der Waals surface area contributed by atoms with Gasteiger partial charge >= 0.3 is 0 Å². The Kier molecular flexibility index (Phi) is 5.06. The van der Waals surface area contributed by atoms with Gasteiger partial charge in [0.2, 0.25) is 11.9 Å². The van der Waals surface area contributed by atoms with Crippen LogP contribution in [0.4, 0.5) is 5.95 Å². The van der Waals surface area contributed by atoms with Crippen molar-refractivity contribution in [1.82, 2.24) is 14.5 Å². The Morgan fingerprint density at radius 3 is 2.89 bits per heavy atom. The molecule has 27 heavy (non-hydrogen) atoms. The lowest BCUT2D eigenvalue weighted by molar-refractivity contribution is -0.145. The van der Waals surface area contributed by atoms with Crippen LogP contribution in [0.15, 0.2) is 24.3 Å². The molecule has 2 fully saturated rings. The van der Waals surface area contributed by atoms with E-state index in [0.29, 0.717) is 26.2 Å². The van der Waals surface area contributed by atoms with Gasteiger partial charge in [0.1, 0.15) is 0 Å². The number of carbonyl (C=O) groups is 1. The Bertz CT molecular complexity index is 821. The maximum atomic E-state index is 13.2. The summed E-state index contributed by atoms with van der Waals surface area (Å²) < 4.78 is 7.24. The molecular weight excluding hydrogens is 344 g/mol. The first-order chi connectivity index (χ1) is 13.2. The zero-order chi connectivity index (χ0) is 18.9. The van der Waals surface area contributed by atoms with Gasteiger partial charge < -0.3 is 24.2 Å². The molecule has 146 valence electrons. The molecule has 1 amide bonds. The number of benzene rings is 1. The lowest BCUT2D eigenvalue weighted by atomic mass is 9.78. The van der Waals surface area contributed by atoms with Gasteiger partial charge in [0.15, 0.2) is 0 Å². The second kappa shape index (κ2) is 7.48. The van der Waals surface area contributed by atoms with E-state index in [4.69, 9.17) is 9.72 Å². The highest BCUT2D eigenvalue weighted by molar-refractivity contribution is 5.85. The van der Waals surface area contributed by atoms with Gasteiger partial charge in [-0.25, -0.2) is 4.98 Å². The maximum absolute atomic E-state index is 13.2. The number of methoxy groups -OCH3 is 1. The Morgan fingerprint density at radius 1 is 1.22 bits per heavy atom. The summed E-state index contributed by atoms with van der Waals surface area (Å²) in [6.45, 7) is 4.16. The Balaban J connectivity index is 1.60. The van der Waals surface area contributed by atoms with Crippen LogP contribution < -0.4 is 4.90 Å². The molecule has 1 atom stereocenters. The van der Waals surface area contributed by atoms with Gasteiger partial charge in [-0.1, -0.05) is 12.1 Å². The van der Waals surface area contributed by atoms with Gasteiger partial charge in [-0.05, 0) is 31.4 Å². The van der Waals surface area contributed by atoms with Crippen molar-refractivity contribution in [3.63, 3.8) is 0 Å². The van der Waals surface area contributed by atoms with Gasteiger partial charge in [-0.2, -0.15) is 0 Å². The highest BCUT2D eigenvalue weighted by Gasteiger charge is 2.49. The van der Waals surface area contributed by atoms with Crippen molar-refractivity contribution >= 4 is 22.9 Å². The number of aromatic nitrogens is 2. The normalized spacial score (nSPS) is 23.1. The Hall–Kier alpha value is -2.12. The summed E-state index contributed by atoms with van der Waals surface area (Å²) in [5, 5.41) is 9.53. The zero-order valence-corrected chi connectivity index (χ0v) is 15.9. The van der Waals surface area contributed by atoms with Crippen LogP contribution in [0.5, 0.6) is 0 Å². The van der Waals surface area contributed by atoms with Crippen molar-refractivity contribution in [3.8, 4) is 0 Å². The topological polar surface area (TPSA) is 70.8 Å². The molecule has 0 unspecified atom stereocenters. The minimum absolute atomic E-state index is 0.0655. The lowest BCUT2D eigenvalue weighted by Crippen LogP contribution is -2.51. The average molecular weight is 372 g/mol. The third-order valence-corrected chi connectivity index (χ3v) is 5.98. The number of fused-ring (bicyclic) bond motifs is 1. The molecule has 0 aliphatic carbocycles. The predicted octanol–water partition coefficient (Wildman–Crippen LogP) is 1.49. The number of aliphatic hydroxyl groups is 1. The molecule has 2 aliphatic heterocycles. The van der Waals surface area contributed by atoms with E-state index < -0.39 is 0 Å². The number of rotatable bonds is 6. The number of hydrogen-bond acceptors (Lipinski definition) is 5. The van der Waals surface area contributed by atoms with E-state index in [1.54, 1.807) is 7.11 Å². The van der Waals surface area contributed by atoms with Crippen LogP contribution in [0.3, 0.4) is 0 Å². The summed E-state index contributed by atoms with van der Waals surface area (Å²) in [4.78, 5) is 22.2. The molecule has 7 heteroatoms. The predicted molar refractivity (Wildman–Crippen MR) is 104 cm³/mol. The first-order valence-electron chi connectivity index (χ1n) is 9.78. The number of anilines is 1. The number of imidazole rings is 1. The van der Waals surface area contributed by atoms with Crippen molar-refractivity contribution < 1.29 is 14.6 Å². The Labute approximate surface area is 159 Å². The molecule has 1 spiro atoms. The highest BCUT2D eigenvalue weighted by atomic mass is 16.5. The van der Waals surface area contributed by atoms with Gasteiger partial charge in [0.05, 0.1) is 29.7 Å². The SMILES string of the molecule is COCCN1CCC[C@]2(CCN(c3nc4ccccc4n3CCO)C2)C1=O. The number of carbonyl (C=O) groups excluding carboxylic acids is 1. The number of aliphatic hydroxyl groups excluding tert-OH is 1. The summed E-state index contributed by atoms with van der Waals surface area (Å²) in [5.41, 5.74) is 1.64. The largest absolute Gasteiger partial charge is 0.395 e. The van der Waals surface area contributed by atoms with E-state index in [0.717, 1.165) is 49.3 Å². The lowest BCUT2D eigenvalue weighted by Gasteiger charge is -2.39. The quantitative estimate of drug-likeness (QED) is 0.832. The first-order valence-corrected chi connectivity index (χ1v) is 9.78. The fraction of sp³-hybridized carbons (Fsp3) is 0.600. The summed E-state index contributed by atoms with van der Waals surface area (Å²) >= 11 is 0. The van der Waals surface area contributed by atoms with Crippen molar-refractivity contribution in [2.24, 2.45) is 5.41 Å². The van der Waals surface area contributed by atoms with E-state index in [9.17, 15) is 9.90 Å². The first kappa shape index (κ1) is 18.3. The summed E-state index contributed by atoms with van der Waals surface area (Å²) in [6, 6.07) is 8.00. The molecule has 4 rings (SSSR count). The molecule has 0 bridgehead atoms. The second-order valence-corrected chi connectivity index (χ2v) is 7.62. The van der Waals surface area contributed by atoms with Crippen LogP contribution in [-0.2, 0) is 16.1 Å². The molecule has 0 saturated carbocycles. The fourth-order valence-electron chi connectivity index (χ4n) is 4.61. The van der Waals surface area contributed by atoms with E-state index >= 15 is 0 Å². The molecule has 2 aliphatic rings. The number of amides is 1. The maximum Gasteiger partial charge on any atom is 0.230 e. The second-order valence-electron chi connectivity index (χ2n) is 7.62. The van der Waals surface area contributed by atoms with E-state index in [1.807, 2.05) is 29.2 Å². The van der Waals surface area contributed by atoms with Gasteiger partial charge in [-0.15, -0.1) is 0 Å². The van der Waals surface area contributed by atoms with Crippen molar-refractivity contribution in [2.45, 2.75) is 25.8 Å². The number of ether oxygens (including phenoxy) is 1. The minimum Gasteiger partial charge on any atom is -0.395 e. The zero-order valence-electron chi connectivity index (χ0n) is 15.9. The van der Waals surface area contributed by atoms with Crippen LogP contribution >= 0.6 is 0 Å². The number of hydrogen-bond donors (Lipinski definition) is 1. The molecule has 2 saturated heterocycles. The monoisotopic (exact) mass is 372 g/mol. The van der Waals surface area contributed by atoms with E-state index in [1.165, 1.54) is 0 Å². The van der Waals surface area contributed by atoms with Crippen LogP contribution in [0.1, 0.15) is 19.3 Å². The number of para-hydroxylation sites is 2. The molecule has 7 nitrogen and oxygen atoms in total. The minimum atomic E-state index is -0.311. The smallest absolute Gasteiger partial charge is 0.230 e. The number of nitrogens with zero attached hydrogens (tertiary/aromatic N) is 4. The molecule has 3 heterocycles. The van der Waals surface area contributed by atoms with E-state index in [-0.39, 0.29) is 17.9 Å². The van der Waals surface area contributed by atoms with E-state index in [2.05, 4.69) is 9.47 Å². The number of likely N-dealkylation sites (tertiary alicyclic amines) is 1. The highest BCUT2D eigenvalue weighted by Crippen LogP contribution is 2.41. The van der Waals surface area contributed by atoms with Gasteiger partial charge in [-0.3, -0.25) is 4.79 Å². The third-order valence-electron chi connectivity index (χ3n) is 5.98. The van der Waals surface area contributed by atoms with Crippen molar-refractivity contribution in [2.75, 3.05) is 51.4 Å². The summed E-state index contributed by atoms with van der Waals surface area (Å²) in [6.07, 6.45) is 2.83. The molecule has 0 radical (unpaired) electrons. The van der Waals surface area contributed by atoms with Gasteiger partial charge in [0, 0.05) is 39.8 Å². The van der Waals surface area contributed by atoms with Crippen molar-refractivity contribution in [3.05, 3.63) is 24.3 Å². The van der Waals surface area contributed by atoms with Crippen LogP contribution in [0.25, 0.3) is 11.0 Å². The van der Waals surface area contributed by atoms with Crippen LogP contribution in [-0.4, -0.2) is 72.0 Å². The molecule has 1 N–H and O–H groups in total. The number of piperidine rings is 1. The van der Waals surface area contributed by atoms with Crippen LogP contribution in [0, 0.1) is 5.41 Å². The molecular formula is C20H28N4O3. The van der Waals surface area contributed by atoms with Crippen molar-refractivity contribution in [1.29, 1.82) is 0 Å². The van der Waals surface area contributed by atoms with Gasteiger partial charge in [0.25, 0.3) is 0 Å². The Morgan fingerprint density at radius 2 is 2.07 bits per heavy atom. The summed E-state index contributed by atoms with van der Waals surface area (Å²) in [7, 11) is 1.67. The molecule has 1 aromatic heterocycles.